The van der Waals surface area contributed by atoms with Crippen molar-refractivity contribution in [2.24, 2.45) is 7.05 Å². The average Bonchev–Trinajstić information content (AvgIpc) is 3.41. The van der Waals surface area contributed by atoms with E-state index in [2.05, 4.69) is 27.5 Å². The molecule has 1 amide bonds. The largest absolute Gasteiger partial charge is 1.00 e. The SMILES string of the molecule is O=P(O)(O)O.[CH2-]n1cc(-c2ccc(C(=O)Nc3cn(C)nc3-c3ccccn3)o2)cn1.[Na+]. The smallest absolute Gasteiger partial charge is 0.452 e. The topological polar surface area (TPSA) is 169 Å². The monoisotopic (exact) mass is 468 g/mol. The van der Waals surface area contributed by atoms with Crippen LogP contribution in [0, 0.1) is 7.05 Å². The van der Waals surface area contributed by atoms with Gasteiger partial charge in [0.2, 0.25) is 0 Å². The number of amides is 1. The molecular weight excluding hydrogens is 450 g/mol. The summed E-state index contributed by atoms with van der Waals surface area (Å²) in [5.41, 5.74) is 2.56. The maximum Gasteiger partial charge on any atom is 1.00 e. The number of carbonyl (C=O) groups is 1. The quantitative estimate of drug-likeness (QED) is 0.165. The van der Waals surface area contributed by atoms with Crippen molar-refractivity contribution in [3.05, 3.63) is 67.9 Å². The molecule has 4 N–H and O–H groups in total. The number of hydrogen-bond donors (Lipinski definition) is 4. The molecule has 32 heavy (non-hydrogen) atoms. The Morgan fingerprint density at radius 1 is 1.19 bits per heavy atom. The zero-order valence-electron chi connectivity index (χ0n) is 17.2. The first-order valence-corrected chi connectivity index (χ1v) is 10.2. The van der Waals surface area contributed by atoms with E-state index in [9.17, 15) is 4.79 Å². The van der Waals surface area contributed by atoms with Gasteiger partial charge in [0.25, 0.3) is 5.91 Å². The van der Waals surface area contributed by atoms with Gasteiger partial charge < -0.3 is 29.1 Å². The maximum atomic E-state index is 12.6. The second-order valence-electron chi connectivity index (χ2n) is 6.18. The van der Waals surface area contributed by atoms with Crippen LogP contribution in [0.3, 0.4) is 0 Å². The van der Waals surface area contributed by atoms with E-state index in [0.29, 0.717) is 22.8 Å². The number of pyridine rings is 1. The Labute approximate surface area is 204 Å². The summed E-state index contributed by atoms with van der Waals surface area (Å²) in [6.07, 6.45) is 6.73. The molecule has 0 spiro atoms. The minimum Gasteiger partial charge on any atom is -0.452 e. The Kier molecular flexibility index (Phi) is 8.58. The van der Waals surface area contributed by atoms with Crippen molar-refractivity contribution in [3.8, 4) is 22.7 Å². The van der Waals surface area contributed by atoms with E-state index >= 15 is 0 Å². The second kappa shape index (κ2) is 10.7. The predicted molar refractivity (Wildman–Crippen MR) is 109 cm³/mol. The molecule has 4 aromatic heterocycles. The van der Waals surface area contributed by atoms with Crippen molar-refractivity contribution in [2.45, 2.75) is 0 Å². The summed E-state index contributed by atoms with van der Waals surface area (Å²) >= 11 is 0. The van der Waals surface area contributed by atoms with Gasteiger partial charge in [-0.05, 0) is 29.8 Å². The number of nitrogens with one attached hydrogen (secondary N) is 1. The first kappa shape index (κ1) is 25.6. The molecule has 0 radical (unpaired) electrons. The van der Waals surface area contributed by atoms with Crippen LogP contribution >= 0.6 is 7.82 Å². The Bertz CT molecular complexity index is 1220. The second-order valence-corrected chi connectivity index (χ2v) is 7.21. The van der Waals surface area contributed by atoms with Gasteiger partial charge in [0.15, 0.2) is 5.76 Å². The minimum atomic E-state index is -4.64. The fourth-order valence-electron chi connectivity index (χ4n) is 2.56. The molecule has 4 heterocycles. The summed E-state index contributed by atoms with van der Waals surface area (Å²) in [5.74, 6) is 0.359. The van der Waals surface area contributed by atoms with Crippen molar-refractivity contribution in [2.75, 3.05) is 5.32 Å². The number of nitrogens with zero attached hydrogens (tertiary/aromatic N) is 5. The van der Waals surface area contributed by atoms with Crippen LogP contribution in [-0.2, 0) is 11.6 Å². The van der Waals surface area contributed by atoms with Gasteiger partial charge >= 0.3 is 37.4 Å². The van der Waals surface area contributed by atoms with Gasteiger partial charge in [-0.25, -0.2) is 9.66 Å². The molecule has 14 heteroatoms. The van der Waals surface area contributed by atoms with Crippen LogP contribution in [0.25, 0.3) is 22.7 Å². The molecule has 4 aromatic rings. The van der Waals surface area contributed by atoms with Gasteiger partial charge in [-0.3, -0.25) is 14.5 Å². The van der Waals surface area contributed by atoms with E-state index in [4.69, 9.17) is 23.7 Å². The molecule has 0 fully saturated rings. The summed E-state index contributed by atoms with van der Waals surface area (Å²) in [4.78, 5) is 38.4. The van der Waals surface area contributed by atoms with E-state index in [0.717, 1.165) is 5.56 Å². The average molecular weight is 468 g/mol. The summed E-state index contributed by atoms with van der Waals surface area (Å²) in [7, 11) is 0.817. The van der Waals surface area contributed by atoms with E-state index < -0.39 is 7.82 Å². The Balaban J connectivity index is 0.000000548. The number of hydrogen-bond acceptors (Lipinski definition) is 6. The van der Waals surface area contributed by atoms with E-state index in [-0.39, 0.29) is 41.2 Å². The number of carbonyl (C=O) groups excluding carboxylic acids is 1. The number of aromatic nitrogens is 5. The zero-order chi connectivity index (χ0) is 22.6. The van der Waals surface area contributed by atoms with E-state index in [1.807, 2.05) is 18.2 Å². The first-order valence-electron chi connectivity index (χ1n) is 8.60. The Hall–Kier alpha value is -2.70. The molecule has 162 valence electrons. The molecule has 0 aromatic carbocycles. The van der Waals surface area contributed by atoms with E-state index in [1.54, 1.807) is 48.6 Å². The molecule has 0 atom stereocenters. The van der Waals surface area contributed by atoms with Gasteiger partial charge in [0.05, 0.1) is 11.4 Å². The van der Waals surface area contributed by atoms with Crippen molar-refractivity contribution in [1.82, 2.24) is 24.5 Å². The molecule has 12 nitrogen and oxygen atoms in total. The molecule has 0 saturated carbocycles. The molecular formula is C18H18N6NaO6P. The van der Waals surface area contributed by atoms with Crippen LogP contribution in [0.4, 0.5) is 5.69 Å². The molecule has 0 aliphatic carbocycles. The third-order valence-corrected chi connectivity index (χ3v) is 3.73. The molecule has 0 saturated heterocycles. The molecule has 0 aliphatic rings. The molecule has 0 unspecified atom stereocenters. The van der Waals surface area contributed by atoms with Crippen molar-refractivity contribution >= 4 is 19.4 Å². The van der Waals surface area contributed by atoms with Crippen LogP contribution in [-0.4, -0.2) is 45.1 Å². The zero-order valence-corrected chi connectivity index (χ0v) is 20.0. The normalized spacial score (nSPS) is 10.6. The van der Waals surface area contributed by atoms with Crippen LogP contribution in [0.1, 0.15) is 10.6 Å². The van der Waals surface area contributed by atoms with Gasteiger partial charge in [-0.15, -0.1) is 6.20 Å². The summed E-state index contributed by atoms with van der Waals surface area (Å²) < 4.78 is 17.6. The fourth-order valence-corrected chi connectivity index (χ4v) is 2.56. The van der Waals surface area contributed by atoms with Gasteiger partial charge in [-0.2, -0.15) is 12.1 Å². The third kappa shape index (κ3) is 7.18. The molecule has 0 aliphatic heterocycles. The summed E-state index contributed by atoms with van der Waals surface area (Å²) in [6.45, 7) is 0. The number of aryl methyl sites for hydroxylation is 1. The molecule has 4 rings (SSSR count). The maximum absolute atomic E-state index is 12.6. The Morgan fingerprint density at radius 2 is 1.91 bits per heavy atom. The number of rotatable bonds is 4. The number of furan rings is 1. The first-order chi connectivity index (χ1) is 14.6. The van der Waals surface area contributed by atoms with Crippen LogP contribution in [0.2, 0.25) is 0 Å². The van der Waals surface area contributed by atoms with E-state index in [1.165, 1.54) is 4.68 Å². The Morgan fingerprint density at radius 3 is 2.50 bits per heavy atom. The number of phosphoric acid groups is 1. The third-order valence-electron chi connectivity index (χ3n) is 3.73. The summed E-state index contributed by atoms with van der Waals surface area (Å²) in [6, 6.07) is 8.85. The van der Waals surface area contributed by atoms with Gasteiger partial charge in [-0.1, -0.05) is 6.07 Å². The fraction of sp³-hybridized carbons (Fsp3) is 0.0556. The van der Waals surface area contributed by atoms with Crippen molar-refractivity contribution in [1.29, 1.82) is 0 Å². The predicted octanol–water partition coefficient (Wildman–Crippen LogP) is -1.09. The minimum absolute atomic E-state index is 0. The number of anilines is 1. The summed E-state index contributed by atoms with van der Waals surface area (Å²) in [5, 5.41) is 11.2. The van der Waals surface area contributed by atoms with Gasteiger partial charge in [0, 0.05) is 25.6 Å². The van der Waals surface area contributed by atoms with Crippen molar-refractivity contribution < 1.29 is 58.0 Å². The molecule has 0 bridgehead atoms. The standard InChI is InChI=1S/C18H15N6O2.Na.H3O4P/c1-23-10-12(9-20-23)15-6-7-16(26-15)18(25)21-14-11-24(2)22-17(14)13-5-3-4-8-19-13;;1-5(2,3)4/h3-11H,1H2,2H3,(H,21,25);;(H3,1,2,3,4)/q-1;+1;. The van der Waals surface area contributed by atoms with Crippen LogP contribution < -0.4 is 34.9 Å². The van der Waals surface area contributed by atoms with Crippen LogP contribution in [0.15, 0.2) is 59.5 Å². The van der Waals surface area contributed by atoms with Crippen molar-refractivity contribution in [3.63, 3.8) is 0 Å². The van der Waals surface area contributed by atoms with Gasteiger partial charge in [0.1, 0.15) is 11.5 Å². The van der Waals surface area contributed by atoms with Crippen LogP contribution in [0.5, 0.6) is 0 Å².